The Kier molecular flexibility index (Phi) is 5.61. The smallest absolute Gasteiger partial charge is 0.202 e. The highest BCUT2D eigenvalue weighted by Crippen LogP contribution is 2.38. The highest BCUT2D eigenvalue weighted by Gasteiger charge is 2.39. The van der Waals surface area contributed by atoms with Gasteiger partial charge in [-0.05, 0) is 72.2 Å². The van der Waals surface area contributed by atoms with E-state index >= 15 is 0 Å². The van der Waals surface area contributed by atoms with Crippen LogP contribution in [0.4, 0.5) is 22.7 Å². The second kappa shape index (κ2) is 10.0. The summed E-state index contributed by atoms with van der Waals surface area (Å²) in [6.07, 6.45) is 3.94. The molecule has 4 aromatic rings. The van der Waals surface area contributed by atoms with Crippen LogP contribution in [0.3, 0.4) is 0 Å². The molecule has 0 saturated heterocycles. The molecule has 4 aromatic carbocycles. The van der Waals surface area contributed by atoms with E-state index in [1.54, 1.807) is 0 Å². The molecule has 6 aliphatic rings. The summed E-state index contributed by atoms with van der Waals surface area (Å²) in [6, 6.07) is 34.6. The van der Waals surface area contributed by atoms with E-state index in [9.17, 15) is 0 Å². The van der Waals surface area contributed by atoms with Gasteiger partial charge in [0.05, 0.1) is 0 Å². The van der Waals surface area contributed by atoms with E-state index in [1.807, 2.05) is 0 Å². The Labute approximate surface area is 268 Å². The van der Waals surface area contributed by atoms with Crippen LogP contribution in [0.5, 0.6) is 0 Å². The van der Waals surface area contributed by atoms with E-state index < -0.39 is 0 Å². The number of nitrogens with zero attached hydrogens (tertiary/aromatic N) is 8. The van der Waals surface area contributed by atoms with Crippen molar-refractivity contribution in [3.8, 4) is 0 Å². The van der Waals surface area contributed by atoms with Gasteiger partial charge in [0.25, 0.3) is 0 Å². The Hall–Kier alpha value is -5.50. The van der Waals surface area contributed by atoms with Crippen molar-refractivity contribution in [3.63, 3.8) is 0 Å². The molecule has 0 atom stereocenters. The van der Waals surface area contributed by atoms with Gasteiger partial charge in [-0.3, -0.25) is 0 Å². The summed E-state index contributed by atoms with van der Waals surface area (Å²) in [7, 11) is 0. The number of aliphatic imine (C=N–C) groups is 4. The lowest BCUT2D eigenvalue weighted by atomic mass is 10.2. The number of hydrogen-bond donors (Lipinski definition) is 0. The zero-order chi connectivity index (χ0) is 30.2. The number of hydrogen-bond acceptors (Lipinski definition) is 8. The molecule has 0 amide bonds. The minimum atomic E-state index is 0.575. The van der Waals surface area contributed by atoms with E-state index in [0.29, 0.717) is 11.6 Å². The van der Waals surface area contributed by atoms with Crippen LogP contribution in [-0.4, -0.2) is 49.5 Å². The first-order chi connectivity index (χ1) is 22.8. The molecular formula is C38H32N8. The lowest BCUT2D eigenvalue weighted by Crippen LogP contribution is -2.43. The van der Waals surface area contributed by atoms with Crippen LogP contribution in [0.1, 0.15) is 22.3 Å². The summed E-state index contributed by atoms with van der Waals surface area (Å²) in [5.74, 6) is 4.66. The summed E-state index contributed by atoms with van der Waals surface area (Å²) >= 11 is 0. The maximum atomic E-state index is 5.29. The van der Waals surface area contributed by atoms with Crippen molar-refractivity contribution in [2.24, 2.45) is 20.0 Å². The van der Waals surface area contributed by atoms with E-state index in [1.165, 1.54) is 45.0 Å². The molecule has 0 radical (unpaired) electrons. The Balaban J connectivity index is 1.14. The van der Waals surface area contributed by atoms with Crippen LogP contribution >= 0.6 is 0 Å². The first-order valence-corrected chi connectivity index (χ1v) is 16.3. The fraction of sp³-hybridized carbons (Fsp3) is 0.211. The predicted octanol–water partition coefficient (Wildman–Crippen LogP) is 5.99. The molecule has 8 nitrogen and oxygen atoms in total. The number of amidine groups is 4. The average molecular weight is 601 g/mol. The van der Waals surface area contributed by atoms with Gasteiger partial charge in [-0.15, -0.1) is 0 Å². The lowest BCUT2D eigenvalue weighted by molar-refractivity contribution is 1.01. The van der Waals surface area contributed by atoms with Gasteiger partial charge in [0.1, 0.15) is 0 Å². The van der Waals surface area contributed by atoms with Crippen molar-refractivity contribution in [3.05, 3.63) is 131 Å². The molecule has 0 aliphatic carbocycles. The largest absolute Gasteiger partial charge is 0.323 e. The third-order valence-electron chi connectivity index (χ3n) is 10.0. The van der Waals surface area contributed by atoms with Crippen molar-refractivity contribution < 1.29 is 0 Å². The molecule has 6 heterocycles. The normalized spacial score (nSPS) is 19.3. The molecule has 6 aliphatic heterocycles. The summed E-state index contributed by atoms with van der Waals surface area (Å²) in [6.45, 7) is 3.47. The fourth-order valence-electron chi connectivity index (χ4n) is 7.81. The Morgan fingerprint density at radius 2 is 0.565 bits per heavy atom. The summed E-state index contributed by atoms with van der Waals surface area (Å²) in [5, 5.41) is 0. The molecule has 46 heavy (non-hydrogen) atoms. The van der Waals surface area contributed by atoms with Crippen LogP contribution in [0.2, 0.25) is 0 Å². The molecule has 0 aromatic heterocycles. The highest BCUT2D eigenvalue weighted by atomic mass is 15.4. The van der Waals surface area contributed by atoms with Crippen molar-refractivity contribution in [1.29, 1.82) is 0 Å². The molecule has 0 N–H and O–H groups in total. The average Bonchev–Trinajstić information content (AvgIpc) is 3.94. The third-order valence-corrected chi connectivity index (χ3v) is 10.0. The second-order valence-corrected chi connectivity index (χ2v) is 12.5. The Morgan fingerprint density at radius 3 is 0.826 bits per heavy atom. The maximum Gasteiger partial charge on any atom is 0.202 e. The lowest BCUT2D eigenvalue weighted by Gasteiger charge is -2.26. The third kappa shape index (κ3) is 3.86. The second-order valence-electron chi connectivity index (χ2n) is 12.5. The van der Waals surface area contributed by atoms with Crippen molar-refractivity contribution in [1.82, 2.24) is 0 Å². The zero-order valence-electron chi connectivity index (χ0n) is 25.5. The number of para-hydroxylation sites is 4. The summed E-state index contributed by atoms with van der Waals surface area (Å²) in [4.78, 5) is 30.5. The summed E-state index contributed by atoms with van der Waals surface area (Å²) in [5.41, 5.74) is 10.2. The summed E-state index contributed by atoms with van der Waals surface area (Å²) < 4.78 is 0. The zero-order valence-corrected chi connectivity index (χ0v) is 25.5. The van der Waals surface area contributed by atoms with Gasteiger partial charge >= 0.3 is 0 Å². The Bertz CT molecular complexity index is 1810. The SMILES string of the molecule is c1ccc2c(c1)CCN2C1=NC(=C2N=C(N3CCc4ccccc43)C(N3CCc4ccccc43)=N2)N=C1N1CCc2ccccc21. The quantitative estimate of drug-likeness (QED) is 0.249. The van der Waals surface area contributed by atoms with Crippen LogP contribution in [-0.2, 0) is 25.7 Å². The van der Waals surface area contributed by atoms with Crippen LogP contribution < -0.4 is 19.6 Å². The molecule has 224 valence electrons. The predicted molar refractivity (Wildman–Crippen MR) is 187 cm³/mol. The standard InChI is InChI=1S/C38H32N8/c1-5-13-29-25(9-1)17-21-43(29)35-36(44-22-18-26-10-2-6-14-30(26)44)40-33(39-35)34-41-37(45-23-19-27-11-3-7-15-31(27)45)38(42-34)46-24-20-28-12-4-8-16-32(28)46/h1-16H,17-24H2. The van der Waals surface area contributed by atoms with Crippen LogP contribution in [0, 0.1) is 0 Å². The van der Waals surface area contributed by atoms with Gasteiger partial charge in [-0.2, -0.15) is 0 Å². The highest BCUT2D eigenvalue weighted by molar-refractivity contribution is 6.52. The van der Waals surface area contributed by atoms with Gasteiger partial charge in [-0.25, -0.2) is 20.0 Å². The molecule has 0 saturated carbocycles. The van der Waals surface area contributed by atoms with Crippen molar-refractivity contribution in [2.75, 3.05) is 45.8 Å². The molecule has 0 unspecified atom stereocenters. The van der Waals surface area contributed by atoms with E-state index in [2.05, 4.69) is 117 Å². The number of fused-ring (bicyclic) bond motifs is 4. The first kappa shape index (κ1) is 25.8. The number of rotatable bonds is 0. The molecular weight excluding hydrogens is 568 g/mol. The molecule has 0 bridgehead atoms. The Morgan fingerprint density at radius 1 is 0.326 bits per heavy atom. The number of benzene rings is 4. The molecule has 8 heteroatoms. The minimum absolute atomic E-state index is 0.575. The van der Waals surface area contributed by atoms with Gasteiger partial charge in [0, 0.05) is 48.9 Å². The van der Waals surface area contributed by atoms with E-state index in [-0.39, 0.29) is 0 Å². The van der Waals surface area contributed by atoms with Gasteiger partial charge < -0.3 is 19.6 Å². The van der Waals surface area contributed by atoms with E-state index in [0.717, 1.165) is 75.2 Å². The number of anilines is 4. The van der Waals surface area contributed by atoms with Crippen molar-refractivity contribution in [2.45, 2.75) is 25.7 Å². The van der Waals surface area contributed by atoms with E-state index in [4.69, 9.17) is 20.0 Å². The van der Waals surface area contributed by atoms with Crippen molar-refractivity contribution >= 4 is 46.1 Å². The molecule has 10 rings (SSSR count). The first-order valence-electron chi connectivity index (χ1n) is 16.3. The molecule has 0 spiro atoms. The minimum Gasteiger partial charge on any atom is -0.323 e. The topological polar surface area (TPSA) is 62.4 Å². The maximum absolute atomic E-state index is 5.29. The van der Waals surface area contributed by atoms with Crippen LogP contribution in [0.25, 0.3) is 0 Å². The van der Waals surface area contributed by atoms with Gasteiger partial charge in [0.2, 0.25) is 11.6 Å². The molecule has 0 fully saturated rings. The van der Waals surface area contributed by atoms with Gasteiger partial charge in [0.15, 0.2) is 23.3 Å². The fourth-order valence-corrected chi connectivity index (χ4v) is 7.81. The van der Waals surface area contributed by atoms with Gasteiger partial charge in [-0.1, -0.05) is 72.8 Å². The van der Waals surface area contributed by atoms with Crippen LogP contribution in [0.15, 0.2) is 129 Å². The monoisotopic (exact) mass is 600 g/mol.